The van der Waals surface area contributed by atoms with Crippen LogP contribution in [0.3, 0.4) is 0 Å². The second-order valence-electron chi connectivity index (χ2n) is 4.83. The van der Waals surface area contributed by atoms with Crippen LogP contribution in [-0.2, 0) is 4.74 Å². The lowest BCUT2D eigenvalue weighted by molar-refractivity contribution is 0.0370. The lowest BCUT2D eigenvalue weighted by Crippen LogP contribution is -2.62. The van der Waals surface area contributed by atoms with Gasteiger partial charge in [0.2, 0.25) is 0 Å². The summed E-state index contributed by atoms with van der Waals surface area (Å²) in [5, 5.41) is 3.47. The van der Waals surface area contributed by atoms with Crippen molar-refractivity contribution >= 4 is 0 Å². The Balaban J connectivity index is 2.44. The Morgan fingerprint density at radius 2 is 2.21 bits per heavy atom. The van der Waals surface area contributed by atoms with E-state index >= 15 is 0 Å². The van der Waals surface area contributed by atoms with Crippen LogP contribution in [0.15, 0.2) is 0 Å². The van der Waals surface area contributed by atoms with Gasteiger partial charge in [0, 0.05) is 44.9 Å². The molecule has 0 bridgehead atoms. The third kappa shape index (κ3) is 2.94. The first-order valence-corrected chi connectivity index (χ1v) is 5.54. The van der Waals surface area contributed by atoms with E-state index < -0.39 is 0 Å². The summed E-state index contributed by atoms with van der Waals surface area (Å²) in [6, 6.07) is 0.635. The monoisotopic (exact) mass is 200 g/mol. The predicted molar refractivity (Wildman–Crippen MR) is 59.6 cm³/mol. The van der Waals surface area contributed by atoms with Crippen molar-refractivity contribution in [2.24, 2.45) is 0 Å². The molecule has 0 radical (unpaired) electrons. The number of rotatable bonds is 4. The molecule has 0 aromatic carbocycles. The predicted octanol–water partition coefficient (Wildman–Crippen LogP) is 1.10. The zero-order valence-electron chi connectivity index (χ0n) is 9.97. The van der Waals surface area contributed by atoms with E-state index in [4.69, 9.17) is 4.74 Å². The van der Waals surface area contributed by atoms with Crippen LogP contribution in [0.2, 0.25) is 0 Å². The average molecular weight is 200 g/mol. The third-order valence-corrected chi connectivity index (χ3v) is 3.05. The molecule has 1 atom stereocenters. The van der Waals surface area contributed by atoms with Crippen LogP contribution < -0.4 is 5.32 Å². The zero-order chi connectivity index (χ0) is 10.6. The molecule has 0 aromatic heterocycles. The number of hydrogen-bond acceptors (Lipinski definition) is 3. The van der Waals surface area contributed by atoms with Gasteiger partial charge < -0.3 is 10.1 Å². The highest BCUT2D eigenvalue weighted by molar-refractivity contribution is 4.92. The quantitative estimate of drug-likeness (QED) is 0.688. The highest BCUT2D eigenvalue weighted by atomic mass is 16.5. The summed E-state index contributed by atoms with van der Waals surface area (Å²) >= 11 is 0. The molecule has 1 aliphatic heterocycles. The van der Waals surface area contributed by atoms with Gasteiger partial charge in [-0.1, -0.05) is 0 Å². The summed E-state index contributed by atoms with van der Waals surface area (Å²) in [6.45, 7) is 11.1. The molecule has 1 fully saturated rings. The van der Waals surface area contributed by atoms with Crippen molar-refractivity contribution in [2.75, 3.05) is 33.4 Å². The van der Waals surface area contributed by atoms with E-state index in [2.05, 4.69) is 31.0 Å². The summed E-state index contributed by atoms with van der Waals surface area (Å²) in [4.78, 5) is 2.59. The van der Waals surface area contributed by atoms with Gasteiger partial charge in [-0.05, 0) is 27.2 Å². The first kappa shape index (κ1) is 12.0. The van der Waals surface area contributed by atoms with Crippen LogP contribution in [0.5, 0.6) is 0 Å². The van der Waals surface area contributed by atoms with Crippen LogP contribution in [0.4, 0.5) is 0 Å². The van der Waals surface area contributed by atoms with Gasteiger partial charge in [0.1, 0.15) is 0 Å². The Hall–Kier alpha value is -0.120. The topological polar surface area (TPSA) is 24.5 Å². The van der Waals surface area contributed by atoms with Crippen molar-refractivity contribution in [1.82, 2.24) is 10.2 Å². The molecule has 0 aliphatic carbocycles. The van der Waals surface area contributed by atoms with Gasteiger partial charge in [-0.3, -0.25) is 4.90 Å². The minimum absolute atomic E-state index is 0.283. The highest BCUT2D eigenvalue weighted by Crippen LogP contribution is 2.20. The Kier molecular flexibility index (Phi) is 4.35. The van der Waals surface area contributed by atoms with Crippen molar-refractivity contribution in [3.8, 4) is 0 Å². The van der Waals surface area contributed by atoms with Crippen LogP contribution in [0.1, 0.15) is 27.2 Å². The van der Waals surface area contributed by atoms with E-state index in [0.29, 0.717) is 6.04 Å². The molecule has 3 heteroatoms. The van der Waals surface area contributed by atoms with Gasteiger partial charge in [-0.25, -0.2) is 0 Å². The van der Waals surface area contributed by atoms with E-state index in [-0.39, 0.29) is 5.54 Å². The molecule has 1 aliphatic rings. The molecule has 84 valence electrons. The Labute approximate surface area is 87.8 Å². The molecular formula is C11H24N2O. The summed E-state index contributed by atoms with van der Waals surface area (Å²) in [5.74, 6) is 0. The fraction of sp³-hybridized carbons (Fsp3) is 1.00. The SMILES string of the molecule is COCCCN1C(C)CNCC1(C)C. The maximum atomic E-state index is 5.09. The van der Waals surface area contributed by atoms with Crippen LogP contribution in [0.25, 0.3) is 0 Å². The minimum Gasteiger partial charge on any atom is -0.385 e. The largest absolute Gasteiger partial charge is 0.385 e. The molecule has 1 saturated heterocycles. The molecule has 0 amide bonds. The fourth-order valence-electron chi connectivity index (χ4n) is 2.30. The number of hydrogen-bond donors (Lipinski definition) is 1. The van der Waals surface area contributed by atoms with Crippen molar-refractivity contribution < 1.29 is 4.74 Å². The fourth-order valence-corrected chi connectivity index (χ4v) is 2.30. The minimum atomic E-state index is 0.283. The highest BCUT2D eigenvalue weighted by Gasteiger charge is 2.33. The summed E-state index contributed by atoms with van der Waals surface area (Å²) in [6.07, 6.45) is 1.13. The van der Waals surface area contributed by atoms with E-state index in [1.54, 1.807) is 7.11 Å². The van der Waals surface area contributed by atoms with Crippen LogP contribution >= 0.6 is 0 Å². The molecule has 14 heavy (non-hydrogen) atoms. The lowest BCUT2D eigenvalue weighted by atomic mass is 9.96. The van der Waals surface area contributed by atoms with Gasteiger partial charge in [0.25, 0.3) is 0 Å². The van der Waals surface area contributed by atoms with Crippen molar-refractivity contribution in [1.29, 1.82) is 0 Å². The van der Waals surface area contributed by atoms with Gasteiger partial charge >= 0.3 is 0 Å². The average Bonchev–Trinajstić information content (AvgIpc) is 2.09. The Morgan fingerprint density at radius 1 is 1.50 bits per heavy atom. The van der Waals surface area contributed by atoms with E-state index in [1.165, 1.54) is 0 Å². The third-order valence-electron chi connectivity index (χ3n) is 3.05. The number of nitrogens with one attached hydrogen (secondary N) is 1. The normalized spacial score (nSPS) is 27.9. The van der Waals surface area contributed by atoms with Gasteiger partial charge in [-0.15, -0.1) is 0 Å². The number of methoxy groups -OCH3 is 1. The summed E-state index contributed by atoms with van der Waals surface area (Å²) < 4.78 is 5.09. The molecular weight excluding hydrogens is 176 g/mol. The van der Waals surface area contributed by atoms with Gasteiger partial charge in [0.15, 0.2) is 0 Å². The van der Waals surface area contributed by atoms with Crippen molar-refractivity contribution in [3.05, 3.63) is 0 Å². The lowest BCUT2D eigenvalue weighted by Gasteiger charge is -2.47. The molecule has 3 nitrogen and oxygen atoms in total. The Morgan fingerprint density at radius 3 is 2.79 bits per heavy atom. The molecule has 0 spiro atoms. The standard InChI is InChI=1S/C11H24N2O/c1-10-8-12-9-11(2,3)13(10)6-5-7-14-4/h10,12H,5-9H2,1-4H3. The van der Waals surface area contributed by atoms with Gasteiger partial charge in [0.05, 0.1) is 0 Å². The van der Waals surface area contributed by atoms with Crippen molar-refractivity contribution in [2.45, 2.75) is 38.8 Å². The molecule has 1 heterocycles. The molecule has 1 unspecified atom stereocenters. The number of nitrogens with zero attached hydrogens (tertiary/aromatic N) is 1. The molecule has 1 N–H and O–H groups in total. The zero-order valence-corrected chi connectivity index (χ0v) is 9.97. The molecule has 0 saturated carbocycles. The van der Waals surface area contributed by atoms with E-state index in [9.17, 15) is 0 Å². The van der Waals surface area contributed by atoms with Gasteiger partial charge in [-0.2, -0.15) is 0 Å². The number of ether oxygens (including phenoxy) is 1. The van der Waals surface area contributed by atoms with Crippen LogP contribution in [0, 0.1) is 0 Å². The molecule has 0 aromatic rings. The maximum Gasteiger partial charge on any atom is 0.0474 e. The summed E-state index contributed by atoms with van der Waals surface area (Å²) in [7, 11) is 1.77. The Bertz CT molecular complexity index is 171. The smallest absolute Gasteiger partial charge is 0.0474 e. The van der Waals surface area contributed by atoms with Crippen molar-refractivity contribution in [3.63, 3.8) is 0 Å². The van der Waals surface area contributed by atoms with E-state index in [0.717, 1.165) is 32.7 Å². The maximum absolute atomic E-state index is 5.09. The number of piperazine rings is 1. The second-order valence-corrected chi connectivity index (χ2v) is 4.83. The summed E-state index contributed by atoms with van der Waals surface area (Å²) in [5.41, 5.74) is 0.283. The first-order valence-electron chi connectivity index (χ1n) is 5.54. The second kappa shape index (κ2) is 5.10. The van der Waals surface area contributed by atoms with Crippen LogP contribution in [-0.4, -0.2) is 49.8 Å². The first-order chi connectivity index (χ1) is 6.58. The van der Waals surface area contributed by atoms with E-state index in [1.807, 2.05) is 0 Å². The molecule has 1 rings (SSSR count).